The molecule has 13 unspecified atom stereocenters. The van der Waals surface area contributed by atoms with Crippen LogP contribution >= 0.6 is 0 Å². The van der Waals surface area contributed by atoms with Crippen LogP contribution in [-0.2, 0) is 38.1 Å². The van der Waals surface area contributed by atoms with Gasteiger partial charge in [-0.3, -0.25) is 4.79 Å². The Morgan fingerprint density at radius 3 is 2.33 bits per heavy atom. The number of aliphatic hydroxyl groups is 3. The summed E-state index contributed by atoms with van der Waals surface area (Å²) in [6.45, 7) is 2.19. The van der Waals surface area contributed by atoms with E-state index in [2.05, 4.69) is 14.0 Å². The summed E-state index contributed by atoms with van der Waals surface area (Å²) in [5, 5.41) is 34.9. The van der Waals surface area contributed by atoms with Gasteiger partial charge in [0.15, 0.2) is 6.54 Å². The topological polar surface area (TPSA) is 169 Å². The lowest BCUT2D eigenvalue weighted by Crippen LogP contribution is -3.00. The van der Waals surface area contributed by atoms with E-state index in [1.165, 1.54) is 0 Å². The zero-order chi connectivity index (χ0) is 37.8. The summed E-state index contributed by atoms with van der Waals surface area (Å²) in [6.07, 6.45) is 7.40. The molecular weight excluding hydrogens is 774 g/mol. The largest absolute Gasteiger partial charge is 1.00 e. The minimum atomic E-state index is -1.35. The van der Waals surface area contributed by atoms with Crippen LogP contribution in [0.5, 0.6) is 0 Å². The van der Waals surface area contributed by atoms with Crippen LogP contribution in [0.15, 0.2) is 42.0 Å². The maximum atomic E-state index is 13.8. The number of benzene rings is 1. The number of hydrogen-bond donors (Lipinski definition) is 3. The standard InChI is InChI=1S/C42H54NO11.BrH/c1-39-12-9-30-31(42(39,50)15-11-29(39)25-16-34(46)51-22-25)10-14-41(49)19-26(8-13-40(30,41)23-45)52-35(47)20-43(2)32-17-27(18-33(43)37-36(32)54-37)53-38(48)28(21-44)24-6-4-3-5-7-24;/h3-7,16,23,26-33,36-37,44,49-50H,8-15,17-22H2,1-2H3;1H/q+1;/p-1. The highest BCUT2D eigenvalue weighted by Crippen LogP contribution is 2.70. The molecule has 4 saturated carbocycles. The number of piperidine rings is 1. The number of nitrogens with zero attached hydrogens (tertiary/aromatic N) is 1. The number of rotatable bonds is 9. The predicted octanol–water partition coefficient (Wildman–Crippen LogP) is -0.100. The third-order valence-corrected chi connectivity index (χ3v) is 16.4. The number of halogens is 1. The van der Waals surface area contributed by atoms with Gasteiger partial charge in [0.1, 0.15) is 55.3 Å². The van der Waals surface area contributed by atoms with Crippen molar-refractivity contribution in [3.05, 3.63) is 47.5 Å². The van der Waals surface area contributed by atoms with Crippen LogP contribution in [0.25, 0.3) is 0 Å². The fourth-order valence-corrected chi connectivity index (χ4v) is 13.6. The minimum Gasteiger partial charge on any atom is -1.00 e. The molecule has 0 spiro atoms. The van der Waals surface area contributed by atoms with Gasteiger partial charge in [-0.15, -0.1) is 0 Å². The highest BCUT2D eigenvalue weighted by molar-refractivity contribution is 5.85. The summed E-state index contributed by atoms with van der Waals surface area (Å²) in [5.41, 5.74) is -2.21. The average molecular weight is 829 g/mol. The van der Waals surface area contributed by atoms with Crippen molar-refractivity contribution in [3.63, 3.8) is 0 Å². The van der Waals surface area contributed by atoms with Gasteiger partial charge in [0.05, 0.1) is 30.3 Å². The number of morpholine rings is 1. The van der Waals surface area contributed by atoms with E-state index >= 15 is 0 Å². The lowest BCUT2D eigenvalue weighted by molar-refractivity contribution is -0.949. The number of carbonyl (C=O) groups excluding carboxylic acids is 4. The van der Waals surface area contributed by atoms with Crippen molar-refractivity contribution in [2.75, 3.05) is 26.8 Å². The molecule has 3 N–H and O–H groups in total. The van der Waals surface area contributed by atoms with Crippen LogP contribution < -0.4 is 17.0 Å². The number of ether oxygens (including phenoxy) is 4. The van der Waals surface area contributed by atoms with E-state index in [9.17, 15) is 34.5 Å². The molecule has 4 heterocycles. The Balaban J connectivity index is 0.00000427. The number of aldehydes is 1. The Kier molecular flexibility index (Phi) is 9.77. The first-order chi connectivity index (χ1) is 25.8. The van der Waals surface area contributed by atoms with Crippen molar-refractivity contribution in [1.82, 2.24) is 0 Å². The normalized spacial score (nSPS) is 46.7. The molecule has 3 saturated heterocycles. The maximum Gasteiger partial charge on any atom is 0.362 e. The summed E-state index contributed by atoms with van der Waals surface area (Å²) in [7, 11) is 2.06. The smallest absolute Gasteiger partial charge is 0.362 e. The second kappa shape index (κ2) is 13.7. The van der Waals surface area contributed by atoms with E-state index in [1.54, 1.807) is 18.2 Å². The van der Waals surface area contributed by atoms with Gasteiger partial charge in [0.25, 0.3) is 0 Å². The van der Waals surface area contributed by atoms with Gasteiger partial charge in [-0.05, 0) is 80.3 Å². The Hall–Kier alpha value is -2.68. The summed E-state index contributed by atoms with van der Waals surface area (Å²) in [6, 6.07) is 9.03. The Morgan fingerprint density at radius 2 is 1.67 bits per heavy atom. The Bertz CT molecular complexity index is 1740. The number of hydrogen-bond acceptors (Lipinski definition) is 11. The van der Waals surface area contributed by atoms with E-state index in [1.807, 2.05) is 18.2 Å². The highest BCUT2D eigenvalue weighted by atomic mass is 79.9. The Morgan fingerprint density at radius 1 is 0.964 bits per heavy atom. The number of cyclic esters (lactones) is 1. The van der Waals surface area contributed by atoms with Crippen LogP contribution in [-0.4, -0.2) is 119 Å². The molecule has 0 amide bonds. The van der Waals surface area contributed by atoms with E-state index < -0.39 is 40.0 Å². The molecule has 2 bridgehead atoms. The molecule has 4 aliphatic heterocycles. The van der Waals surface area contributed by atoms with E-state index in [-0.39, 0.29) is 103 Å². The molecule has 13 atom stereocenters. The van der Waals surface area contributed by atoms with Gasteiger partial charge in [-0.25, -0.2) is 9.59 Å². The lowest BCUT2D eigenvalue weighted by atomic mass is 9.41. The average Bonchev–Trinajstić information content (AvgIpc) is 3.69. The molecule has 7 fully saturated rings. The molecule has 9 rings (SSSR count). The second-order valence-electron chi connectivity index (χ2n) is 18.5. The number of epoxide rings is 1. The lowest BCUT2D eigenvalue weighted by Gasteiger charge is -2.65. The summed E-state index contributed by atoms with van der Waals surface area (Å²) < 4.78 is 23.8. The number of fused-ring (bicyclic) bond motifs is 10. The SMILES string of the molecule is CC12CCC3C(CCC4(O)CC(OC(=O)C[N+]5(C)C6CC(OC(=O)C(CO)c7ccccc7)CC5C5OC56)CCC34C=O)C1(O)CCC2C1=CC(=O)OC1.[Br-]. The number of carbonyl (C=O) groups is 4. The van der Waals surface area contributed by atoms with Gasteiger partial charge in [-0.1, -0.05) is 37.3 Å². The van der Waals surface area contributed by atoms with E-state index in [4.69, 9.17) is 18.9 Å². The predicted molar refractivity (Wildman–Crippen MR) is 190 cm³/mol. The first-order valence-corrected chi connectivity index (χ1v) is 20.1. The van der Waals surface area contributed by atoms with Crippen molar-refractivity contribution < 1.29 is 74.9 Å². The quantitative estimate of drug-likeness (QED) is 0.100. The number of esters is 3. The molecule has 1 aromatic rings. The first-order valence-electron chi connectivity index (χ1n) is 20.1. The molecule has 8 aliphatic rings. The number of likely N-dealkylation sites (N-methyl/N-ethyl adjacent to an activating group) is 1. The van der Waals surface area contributed by atoms with Crippen molar-refractivity contribution in [2.24, 2.45) is 28.6 Å². The van der Waals surface area contributed by atoms with Crippen LogP contribution in [0, 0.1) is 28.6 Å². The van der Waals surface area contributed by atoms with E-state index in [0.717, 1.165) is 18.3 Å². The second-order valence-corrected chi connectivity index (χ2v) is 18.5. The molecule has 13 heteroatoms. The van der Waals surface area contributed by atoms with Crippen molar-refractivity contribution in [2.45, 2.75) is 131 Å². The summed E-state index contributed by atoms with van der Waals surface area (Å²) in [4.78, 5) is 52.1. The maximum absolute atomic E-state index is 13.8. The van der Waals surface area contributed by atoms with Gasteiger partial charge in [0, 0.05) is 30.8 Å². The van der Waals surface area contributed by atoms with Gasteiger partial charge in [0.2, 0.25) is 0 Å². The minimum absolute atomic E-state index is 0. The molecule has 4 aliphatic carbocycles. The van der Waals surface area contributed by atoms with Gasteiger partial charge in [-0.2, -0.15) is 0 Å². The van der Waals surface area contributed by atoms with Crippen LogP contribution in [0.2, 0.25) is 0 Å². The van der Waals surface area contributed by atoms with Crippen LogP contribution in [0.4, 0.5) is 0 Å². The number of quaternary nitrogens is 1. The van der Waals surface area contributed by atoms with Crippen molar-refractivity contribution >= 4 is 24.2 Å². The van der Waals surface area contributed by atoms with Crippen molar-refractivity contribution in [3.8, 4) is 0 Å². The summed E-state index contributed by atoms with van der Waals surface area (Å²) >= 11 is 0. The van der Waals surface area contributed by atoms with Crippen LogP contribution in [0.3, 0.4) is 0 Å². The fourth-order valence-electron chi connectivity index (χ4n) is 13.6. The summed E-state index contributed by atoms with van der Waals surface area (Å²) in [5.74, 6) is -2.20. The number of aliphatic hydroxyl groups excluding tert-OH is 1. The van der Waals surface area contributed by atoms with E-state index in [0.29, 0.717) is 67.8 Å². The molecule has 12 nitrogen and oxygen atoms in total. The fraction of sp³-hybridized carbons (Fsp3) is 0.714. The third kappa shape index (κ3) is 5.75. The molecule has 1 aromatic carbocycles. The monoisotopic (exact) mass is 827 g/mol. The highest BCUT2D eigenvalue weighted by Gasteiger charge is 2.74. The molecule has 0 radical (unpaired) electrons. The van der Waals surface area contributed by atoms with Gasteiger partial charge < -0.3 is 60.5 Å². The first kappa shape index (κ1) is 39.2. The molecule has 300 valence electrons. The molecule has 0 aromatic heterocycles. The Labute approximate surface area is 332 Å². The van der Waals surface area contributed by atoms with Crippen LogP contribution in [0.1, 0.15) is 89.0 Å². The van der Waals surface area contributed by atoms with Gasteiger partial charge >= 0.3 is 17.9 Å². The zero-order valence-corrected chi connectivity index (χ0v) is 33.2. The van der Waals surface area contributed by atoms with Crippen molar-refractivity contribution in [1.29, 1.82) is 0 Å². The zero-order valence-electron chi connectivity index (χ0n) is 31.6. The molecular formula is C42H54BrNO11. The molecule has 55 heavy (non-hydrogen) atoms. The third-order valence-electron chi connectivity index (χ3n) is 16.4.